The standard InChI is InChI=1S/C25H32N4O3.C2HF3O2/c1-2-32-17-23(30)28-12-9-25(10-13-28)14-22-26-21-8-11-27(15-19-6-4-3-5-7-19)16-20(21)24(31)29(22)18-25;3-2(4,5)1(6)7/h3-7H,2,8-18H2,1H3;(H,6,7). The van der Waals surface area contributed by atoms with E-state index in [0.717, 1.165) is 75.5 Å². The maximum absolute atomic E-state index is 13.4. The normalized spacial score (nSPS) is 18.2. The Balaban J connectivity index is 0.000000448. The molecule has 0 unspecified atom stereocenters. The summed E-state index contributed by atoms with van der Waals surface area (Å²) in [5, 5.41) is 7.12. The molecule has 0 bridgehead atoms. The highest BCUT2D eigenvalue weighted by Crippen LogP contribution is 2.40. The minimum absolute atomic E-state index is 0.0508. The van der Waals surface area contributed by atoms with Crippen LogP contribution in [0.25, 0.3) is 0 Å². The number of hydrogen-bond donors (Lipinski definition) is 1. The van der Waals surface area contributed by atoms with Crippen LogP contribution in [0.5, 0.6) is 0 Å². The van der Waals surface area contributed by atoms with E-state index in [4.69, 9.17) is 19.6 Å². The maximum Gasteiger partial charge on any atom is 0.490 e. The van der Waals surface area contributed by atoms with E-state index in [1.165, 1.54) is 5.56 Å². The topological polar surface area (TPSA) is 105 Å². The van der Waals surface area contributed by atoms with Gasteiger partial charge in [0.05, 0.1) is 11.3 Å². The number of amides is 1. The first-order valence-electron chi connectivity index (χ1n) is 13.0. The van der Waals surface area contributed by atoms with Crippen molar-refractivity contribution >= 4 is 11.9 Å². The van der Waals surface area contributed by atoms with Crippen LogP contribution in [0.3, 0.4) is 0 Å². The van der Waals surface area contributed by atoms with Gasteiger partial charge in [0.15, 0.2) is 0 Å². The molecule has 0 aliphatic carbocycles. The molecule has 1 fully saturated rings. The van der Waals surface area contributed by atoms with Gasteiger partial charge in [0.1, 0.15) is 12.4 Å². The van der Waals surface area contributed by atoms with E-state index in [9.17, 15) is 22.8 Å². The number of hydrogen-bond acceptors (Lipinski definition) is 6. The number of fused-ring (bicyclic) bond motifs is 2. The number of carbonyl (C=O) groups is 2. The van der Waals surface area contributed by atoms with Crippen molar-refractivity contribution in [3.05, 3.63) is 63.3 Å². The highest BCUT2D eigenvalue weighted by Gasteiger charge is 2.43. The number of carbonyl (C=O) groups excluding carboxylic acids is 1. The molecular formula is C27H33F3N4O5. The predicted octanol–water partition coefficient (Wildman–Crippen LogP) is 2.64. The van der Waals surface area contributed by atoms with Crippen LogP contribution in [0.2, 0.25) is 0 Å². The lowest BCUT2D eigenvalue weighted by molar-refractivity contribution is -0.192. The Morgan fingerprint density at radius 3 is 2.41 bits per heavy atom. The van der Waals surface area contributed by atoms with E-state index in [-0.39, 0.29) is 23.5 Å². The minimum Gasteiger partial charge on any atom is -0.475 e. The van der Waals surface area contributed by atoms with Gasteiger partial charge in [-0.15, -0.1) is 0 Å². The Morgan fingerprint density at radius 2 is 1.79 bits per heavy atom. The van der Waals surface area contributed by atoms with E-state index in [2.05, 4.69) is 29.2 Å². The minimum atomic E-state index is -5.08. The van der Waals surface area contributed by atoms with Crippen LogP contribution in [0.1, 0.15) is 42.4 Å². The lowest BCUT2D eigenvalue weighted by Gasteiger charge is -2.38. The first-order chi connectivity index (χ1) is 18.5. The van der Waals surface area contributed by atoms with Crippen molar-refractivity contribution in [3.8, 4) is 0 Å². The molecule has 12 heteroatoms. The zero-order chi connectivity index (χ0) is 28.2. The number of benzene rings is 1. The molecule has 4 heterocycles. The van der Waals surface area contributed by atoms with Crippen molar-refractivity contribution in [1.82, 2.24) is 19.4 Å². The fourth-order valence-electron chi connectivity index (χ4n) is 5.47. The molecule has 0 saturated carbocycles. The molecule has 39 heavy (non-hydrogen) atoms. The summed E-state index contributed by atoms with van der Waals surface area (Å²) < 4.78 is 39.0. The average Bonchev–Trinajstić information content (AvgIpc) is 3.26. The molecule has 3 aliphatic rings. The number of ether oxygens (including phenoxy) is 1. The lowest BCUT2D eigenvalue weighted by atomic mass is 9.77. The number of likely N-dealkylation sites (tertiary alicyclic amines) is 1. The van der Waals surface area contributed by atoms with Crippen molar-refractivity contribution in [2.24, 2.45) is 5.41 Å². The van der Waals surface area contributed by atoms with E-state index in [1.807, 2.05) is 22.5 Å². The van der Waals surface area contributed by atoms with Crippen LogP contribution in [0, 0.1) is 5.41 Å². The third kappa shape index (κ3) is 6.85. The van der Waals surface area contributed by atoms with Crippen molar-refractivity contribution in [2.75, 3.05) is 32.8 Å². The molecule has 1 spiro atoms. The summed E-state index contributed by atoms with van der Waals surface area (Å²) in [5.74, 6) is -1.74. The summed E-state index contributed by atoms with van der Waals surface area (Å²) in [5.41, 5.74) is 3.34. The Morgan fingerprint density at radius 1 is 1.13 bits per heavy atom. The van der Waals surface area contributed by atoms with Gasteiger partial charge in [0.25, 0.3) is 5.56 Å². The molecule has 2 aromatic rings. The SMILES string of the molecule is CCOCC(=O)N1CCC2(CC1)Cc1nc3c(c(=O)n1C2)CN(Cc1ccccc1)CC3.O=C(O)C(F)(F)F. The van der Waals surface area contributed by atoms with Gasteiger partial charge in [-0.25, -0.2) is 9.78 Å². The summed E-state index contributed by atoms with van der Waals surface area (Å²) in [6.07, 6.45) is -1.58. The van der Waals surface area contributed by atoms with Crippen LogP contribution in [0.4, 0.5) is 13.2 Å². The van der Waals surface area contributed by atoms with Gasteiger partial charge in [-0.2, -0.15) is 13.2 Å². The zero-order valence-electron chi connectivity index (χ0n) is 21.9. The van der Waals surface area contributed by atoms with E-state index in [1.54, 1.807) is 0 Å². The fraction of sp³-hybridized carbons (Fsp3) is 0.556. The molecule has 1 aromatic carbocycles. The van der Waals surface area contributed by atoms with Gasteiger partial charge in [-0.1, -0.05) is 30.3 Å². The molecule has 3 aliphatic heterocycles. The summed E-state index contributed by atoms with van der Waals surface area (Å²) >= 11 is 0. The third-order valence-electron chi connectivity index (χ3n) is 7.60. The number of carboxylic acids is 1. The van der Waals surface area contributed by atoms with Crippen LogP contribution in [-0.2, 0) is 46.8 Å². The van der Waals surface area contributed by atoms with Crippen molar-refractivity contribution < 1.29 is 32.6 Å². The van der Waals surface area contributed by atoms with Gasteiger partial charge in [-0.05, 0) is 30.7 Å². The summed E-state index contributed by atoms with van der Waals surface area (Å²) in [4.78, 5) is 43.9. The molecule has 5 rings (SSSR count). The molecule has 0 radical (unpaired) electrons. The summed E-state index contributed by atoms with van der Waals surface area (Å²) in [7, 11) is 0. The Hall–Kier alpha value is -3.25. The van der Waals surface area contributed by atoms with Crippen LogP contribution in [-0.4, -0.2) is 75.4 Å². The number of nitrogens with zero attached hydrogens (tertiary/aromatic N) is 4. The second-order valence-corrected chi connectivity index (χ2v) is 10.3. The number of aromatic nitrogens is 2. The highest BCUT2D eigenvalue weighted by atomic mass is 19.4. The number of piperidine rings is 1. The molecular weight excluding hydrogens is 517 g/mol. The average molecular weight is 551 g/mol. The third-order valence-corrected chi connectivity index (χ3v) is 7.60. The first kappa shape index (κ1) is 28.8. The molecule has 9 nitrogen and oxygen atoms in total. The quantitative estimate of drug-likeness (QED) is 0.610. The molecule has 1 aromatic heterocycles. The molecule has 212 valence electrons. The maximum atomic E-state index is 13.4. The number of carboxylic acid groups (broad SMARTS) is 1. The molecule has 1 amide bonds. The van der Waals surface area contributed by atoms with Crippen LogP contribution in [0.15, 0.2) is 35.1 Å². The Labute approximate surface area is 224 Å². The molecule has 1 N–H and O–H groups in total. The first-order valence-corrected chi connectivity index (χ1v) is 13.0. The monoisotopic (exact) mass is 550 g/mol. The number of halogens is 3. The second kappa shape index (κ2) is 11.9. The summed E-state index contributed by atoms with van der Waals surface area (Å²) in [6, 6.07) is 10.4. The van der Waals surface area contributed by atoms with Crippen molar-refractivity contribution in [1.29, 1.82) is 0 Å². The van der Waals surface area contributed by atoms with Gasteiger partial charge in [0, 0.05) is 58.7 Å². The highest BCUT2D eigenvalue weighted by molar-refractivity contribution is 5.77. The fourth-order valence-corrected chi connectivity index (χ4v) is 5.47. The molecule has 1 saturated heterocycles. The van der Waals surface area contributed by atoms with Crippen LogP contribution < -0.4 is 5.56 Å². The Kier molecular flexibility index (Phi) is 8.75. The number of aliphatic carboxylic acids is 1. The Bertz CT molecular complexity index is 1240. The van der Waals surface area contributed by atoms with Gasteiger partial charge in [-0.3, -0.25) is 19.1 Å². The van der Waals surface area contributed by atoms with Crippen LogP contribution >= 0.6 is 0 Å². The van der Waals surface area contributed by atoms with Gasteiger partial charge in [0.2, 0.25) is 5.91 Å². The number of alkyl halides is 3. The number of rotatable bonds is 5. The summed E-state index contributed by atoms with van der Waals surface area (Å²) in [6.45, 7) is 7.28. The van der Waals surface area contributed by atoms with E-state index >= 15 is 0 Å². The van der Waals surface area contributed by atoms with Crippen molar-refractivity contribution in [3.63, 3.8) is 0 Å². The largest absolute Gasteiger partial charge is 0.490 e. The smallest absolute Gasteiger partial charge is 0.475 e. The second-order valence-electron chi connectivity index (χ2n) is 10.3. The van der Waals surface area contributed by atoms with E-state index < -0.39 is 12.1 Å². The zero-order valence-corrected chi connectivity index (χ0v) is 21.9. The van der Waals surface area contributed by atoms with Gasteiger partial charge >= 0.3 is 12.1 Å². The van der Waals surface area contributed by atoms with Crippen molar-refractivity contribution in [2.45, 2.75) is 58.4 Å². The van der Waals surface area contributed by atoms with E-state index in [0.29, 0.717) is 13.2 Å². The predicted molar refractivity (Wildman–Crippen MR) is 135 cm³/mol. The molecule has 0 atom stereocenters. The van der Waals surface area contributed by atoms with Gasteiger partial charge < -0.3 is 14.7 Å². The lowest BCUT2D eigenvalue weighted by Crippen LogP contribution is -2.45.